The Morgan fingerprint density at radius 2 is 1.91 bits per heavy atom. The molecule has 3 heterocycles. The summed E-state index contributed by atoms with van der Waals surface area (Å²) in [7, 11) is 1.20. The molecule has 43 heavy (non-hydrogen) atoms. The van der Waals surface area contributed by atoms with E-state index in [0.717, 1.165) is 22.3 Å². The molecule has 0 bridgehead atoms. The van der Waals surface area contributed by atoms with Gasteiger partial charge < -0.3 is 19.7 Å². The molecule has 2 N–H and O–H groups in total. The molecule has 1 amide bonds. The molecule has 1 aromatic carbocycles. The Morgan fingerprint density at radius 3 is 2.53 bits per heavy atom. The summed E-state index contributed by atoms with van der Waals surface area (Å²) in [5, 5.41) is 14.6. The Bertz CT molecular complexity index is 1500. The molecule has 0 spiro atoms. The van der Waals surface area contributed by atoms with Crippen molar-refractivity contribution in [3.8, 4) is 11.1 Å². The van der Waals surface area contributed by atoms with Gasteiger partial charge in [-0.05, 0) is 60.9 Å². The minimum atomic E-state index is -2.17. The van der Waals surface area contributed by atoms with Crippen molar-refractivity contribution >= 4 is 11.9 Å². The molecule has 1 aliphatic rings. The molecule has 0 saturated carbocycles. The lowest BCUT2D eigenvalue weighted by Gasteiger charge is -2.32. The van der Waals surface area contributed by atoms with E-state index >= 15 is 0 Å². The maximum Gasteiger partial charge on any atom is 0.310 e. The summed E-state index contributed by atoms with van der Waals surface area (Å²) in [6, 6.07) is 9.69. The quantitative estimate of drug-likeness (QED) is 0.254. The molecular formula is C33H41FN4O5. The van der Waals surface area contributed by atoms with Gasteiger partial charge >= 0.3 is 5.97 Å². The SMILES string of the molecule is COC(=O)C[C@@](O)(NC(=O)C(CC(C)C)n1cc(CN2CC[C@@H](F)C2)ccc1=O)c1cncc(-c2c(C)cccc2C)c1. The molecule has 0 aliphatic carbocycles. The molecule has 3 aromatic rings. The van der Waals surface area contributed by atoms with E-state index in [4.69, 9.17) is 4.74 Å². The number of benzene rings is 1. The molecule has 0 radical (unpaired) electrons. The number of carbonyl (C=O) groups excluding carboxylic acids is 2. The maximum atomic E-state index is 14.0. The predicted molar refractivity (Wildman–Crippen MR) is 162 cm³/mol. The number of rotatable bonds is 11. The van der Waals surface area contributed by atoms with Gasteiger partial charge in [-0.2, -0.15) is 0 Å². The number of nitrogens with zero attached hydrogens (tertiary/aromatic N) is 3. The molecular weight excluding hydrogens is 551 g/mol. The van der Waals surface area contributed by atoms with Crippen LogP contribution < -0.4 is 10.9 Å². The van der Waals surface area contributed by atoms with Crippen LogP contribution in [0.1, 0.15) is 61.4 Å². The first-order valence-corrected chi connectivity index (χ1v) is 14.6. The third-order valence-corrected chi connectivity index (χ3v) is 7.90. The average molecular weight is 593 g/mol. The van der Waals surface area contributed by atoms with Gasteiger partial charge in [-0.3, -0.25) is 24.3 Å². The van der Waals surface area contributed by atoms with E-state index in [2.05, 4.69) is 10.3 Å². The van der Waals surface area contributed by atoms with E-state index < -0.39 is 36.2 Å². The fourth-order valence-electron chi connectivity index (χ4n) is 5.73. The second kappa shape index (κ2) is 13.6. The van der Waals surface area contributed by atoms with E-state index in [1.54, 1.807) is 24.5 Å². The van der Waals surface area contributed by atoms with E-state index in [-0.39, 0.29) is 17.0 Å². The maximum absolute atomic E-state index is 14.0. The van der Waals surface area contributed by atoms with Gasteiger partial charge in [-0.25, -0.2) is 4.39 Å². The van der Waals surface area contributed by atoms with Gasteiger partial charge in [-0.15, -0.1) is 0 Å². The minimum Gasteiger partial charge on any atom is -0.469 e. The number of methoxy groups -OCH3 is 1. The van der Waals surface area contributed by atoms with Crippen LogP contribution in [0.25, 0.3) is 11.1 Å². The number of alkyl halides is 1. The zero-order valence-corrected chi connectivity index (χ0v) is 25.5. The number of halogens is 1. The number of hydrogen-bond donors (Lipinski definition) is 2. The van der Waals surface area contributed by atoms with Crippen LogP contribution in [0.15, 0.2) is 59.8 Å². The van der Waals surface area contributed by atoms with Gasteiger partial charge in [0.2, 0.25) is 5.91 Å². The first-order valence-electron chi connectivity index (χ1n) is 14.6. The largest absolute Gasteiger partial charge is 0.469 e. The Kier molecular flexibility index (Phi) is 10.1. The van der Waals surface area contributed by atoms with Crippen LogP contribution >= 0.6 is 0 Å². The minimum absolute atomic E-state index is 0.0138. The van der Waals surface area contributed by atoms with E-state index in [1.165, 1.54) is 23.9 Å². The Labute approximate surface area is 251 Å². The zero-order chi connectivity index (χ0) is 31.3. The van der Waals surface area contributed by atoms with Crippen molar-refractivity contribution in [1.82, 2.24) is 19.8 Å². The molecule has 9 nitrogen and oxygen atoms in total. The normalized spacial score (nSPS) is 17.4. The molecule has 1 fully saturated rings. The Balaban J connectivity index is 1.71. The zero-order valence-electron chi connectivity index (χ0n) is 25.5. The number of aliphatic hydroxyl groups is 1. The molecule has 4 rings (SSSR count). The Morgan fingerprint density at radius 1 is 1.19 bits per heavy atom. The van der Waals surface area contributed by atoms with Gasteiger partial charge in [-0.1, -0.05) is 38.1 Å². The van der Waals surface area contributed by atoms with Crippen LogP contribution in [0.3, 0.4) is 0 Å². The van der Waals surface area contributed by atoms with Crippen LogP contribution in [-0.4, -0.2) is 57.8 Å². The molecule has 3 atom stereocenters. The number of nitrogens with one attached hydrogen (secondary N) is 1. The van der Waals surface area contributed by atoms with Crippen molar-refractivity contribution in [2.24, 2.45) is 5.92 Å². The number of aromatic nitrogens is 2. The second-order valence-corrected chi connectivity index (χ2v) is 11.9. The molecule has 1 aliphatic heterocycles. The second-order valence-electron chi connectivity index (χ2n) is 11.9. The summed E-state index contributed by atoms with van der Waals surface area (Å²) in [6.45, 7) is 9.19. The summed E-state index contributed by atoms with van der Waals surface area (Å²) < 4.78 is 20.0. The van der Waals surface area contributed by atoms with Crippen LogP contribution in [0, 0.1) is 19.8 Å². The van der Waals surface area contributed by atoms with Crippen LogP contribution in [0.5, 0.6) is 0 Å². The molecule has 230 valence electrons. The third-order valence-electron chi connectivity index (χ3n) is 7.90. The summed E-state index contributed by atoms with van der Waals surface area (Å²) >= 11 is 0. The fraction of sp³-hybridized carbons (Fsp3) is 0.455. The summed E-state index contributed by atoms with van der Waals surface area (Å²) in [5.74, 6) is -1.36. The number of likely N-dealkylation sites (tertiary alicyclic amines) is 1. The number of ether oxygens (including phenoxy) is 1. The smallest absolute Gasteiger partial charge is 0.310 e. The van der Waals surface area contributed by atoms with Gasteiger partial charge in [0.25, 0.3) is 5.56 Å². The lowest BCUT2D eigenvalue weighted by molar-refractivity contribution is -0.151. The van der Waals surface area contributed by atoms with Crippen LogP contribution in [0.2, 0.25) is 0 Å². The third kappa shape index (κ3) is 7.74. The fourth-order valence-corrected chi connectivity index (χ4v) is 5.73. The van der Waals surface area contributed by atoms with E-state index in [1.807, 2.05) is 50.8 Å². The van der Waals surface area contributed by atoms with Gasteiger partial charge in [0, 0.05) is 55.4 Å². The van der Waals surface area contributed by atoms with Crippen molar-refractivity contribution in [2.75, 3.05) is 20.2 Å². The van der Waals surface area contributed by atoms with Crippen molar-refractivity contribution in [1.29, 1.82) is 0 Å². The highest BCUT2D eigenvalue weighted by Crippen LogP contribution is 2.31. The van der Waals surface area contributed by atoms with Gasteiger partial charge in [0.05, 0.1) is 13.5 Å². The summed E-state index contributed by atoms with van der Waals surface area (Å²) in [5.41, 5.74) is 2.07. The van der Waals surface area contributed by atoms with Crippen LogP contribution in [0.4, 0.5) is 4.39 Å². The molecule has 1 saturated heterocycles. The lowest BCUT2D eigenvalue weighted by atomic mass is 9.92. The lowest BCUT2D eigenvalue weighted by Crippen LogP contribution is -2.51. The first kappa shape index (κ1) is 32.0. The molecule has 10 heteroatoms. The van der Waals surface area contributed by atoms with Crippen molar-refractivity contribution in [3.05, 3.63) is 87.6 Å². The first-order chi connectivity index (χ1) is 20.4. The van der Waals surface area contributed by atoms with Gasteiger partial charge in [0.1, 0.15) is 12.2 Å². The topological polar surface area (TPSA) is 114 Å². The molecule has 2 aromatic heterocycles. The van der Waals surface area contributed by atoms with Crippen molar-refractivity contribution < 1.29 is 23.8 Å². The number of aryl methyl sites for hydroxylation is 2. The number of hydrogen-bond acceptors (Lipinski definition) is 7. The number of carbonyl (C=O) groups is 2. The van der Waals surface area contributed by atoms with E-state index in [0.29, 0.717) is 38.0 Å². The van der Waals surface area contributed by atoms with Crippen molar-refractivity contribution in [3.63, 3.8) is 0 Å². The van der Waals surface area contributed by atoms with Crippen molar-refractivity contribution in [2.45, 2.75) is 71.4 Å². The van der Waals surface area contributed by atoms with Gasteiger partial charge in [0.15, 0.2) is 5.72 Å². The Hall–Kier alpha value is -3.89. The van der Waals surface area contributed by atoms with E-state index in [9.17, 15) is 23.9 Å². The van der Waals surface area contributed by atoms with Crippen LogP contribution in [-0.2, 0) is 26.6 Å². The predicted octanol–water partition coefficient (Wildman–Crippen LogP) is 4.18. The standard InChI is InChI=1S/C33H41FN4O5/c1-21(2)13-28(38-19-24(9-10-29(38)39)18-37-12-11-27(34)20-37)32(41)36-33(42,15-30(40)43-5)26-14-25(16-35-17-26)31-22(3)7-6-8-23(31)4/h6-10,14,16-17,19,21,27-28,42H,11-13,15,18,20H2,1-5H3,(H,36,41)/t27-,28?,33+/m1/s1. The summed E-state index contributed by atoms with van der Waals surface area (Å²) in [6.07, 6.45) is 4.01. The average Bonchev–Trinajstić information content (AvgIpc) is 3.36. The highest BCUT2D eigenvalue weighted by atomic mass is 19.1. The highest BCUT2D eigenvalue weighted by molar-refractivity contribution is 5.82. The highest BCUT2D eigenvalue weighted by Gasteiger charge is 2.38. The summed E-state index contributed by atoms with van der Waals surface area (Å²) in [4.78, 5) is 45.9. The monoisotopic (exact) mass is 592 g/mol. The number of esters is 1. The number of amides is 1. The number of pyridine rings is 2. The molecule has 1 unspecified atom stereocenters.